The van der Waals surface area contributed by atoms with Gasteiger partial charge in [-0.1, -0.05) is 24.3 Å². The zero-order chi connectivity index (χ0) is 28.2. The Labute approximate surface area is 250 Å². The first-order valence-corrected chi connectivity index (χ1v) is 13.0. The van der Waals surface area contributed by atoms with Gasteiger partial charge in [0.05, 0.1) is 6.61 Å². The first-order valence-electron chi connectivity index (χ1n) is 11.6. The molecule has 2 aliphatic rings. The maximum atomic E-state index is 12.3. The molecule has 4 rings (SSSR count). The van der Waals surface area contributed by atoms with E-state index in [0.29, 0.717) is 5.75 Å². The minimum Gasteiger partial charge on any atom is -0.746 e. The minimum atomic E-state index is -5.01. The van der Waals surface area contributed by atoms with Crippen LogP contribution in [0.15, 0.2) is 71.6 Å². The fourth-order valence-corrected chi connectivity index (χ4v) is 4.34. The van der Waals surface area contributed by atoms with E-state index in [9.17, 15) is 29.3 Å². The number of anilines is 1. The summed E-state index contributed by atoms with van der Waals surface area (Å²) in [4.78, 5) is 39.4. The number of hydrogen-bond acceptors (Lipinski definition) is 13. The van der Waals surface area contributed by atoms with Gasteiger partial charge in [0.2, 0.25) is 5.91 Å². The van der Waals surface area contributed by atoms with Crippen molar-refractivity contribution in [3.05, 3.63) is 77.3 Å². The van der Waals surface area contributed by atoms with Gasteiger partial charge in [0.15, 0.2) is 12.0 Å². The number of nitrogens with one attached hydrogen (secondary N) is 1. The van der Waals surface area contributed by atoms with Crippen LogP contribution in [0.25, 0.3) is 0 Å². The molecular formula is C23H26N4NaO11P. The molecule has 3 heterocycles. The summed E-state index contributed by atoms with van der Waals surface area (Å²) < 4.78 is 39.6. The second-order valence-corrected chi connectivity index (χ2v) is 9.82. The molecule has 0 aliphatic carbocycles. The number of rotatable bonds is 9. The van der Waals surface area contributed by atoms with Gasteiger partial charge in [-0.15, -0.1) is 0 Å². The van der Waals surface area contributed by atoms with Crippen LogP contribution in [0.5, 0.6) is 5.75 Å². The molecule has 40 heavy (non-hydrogen) atoms. The molecule has 1 unspecified atom stereocenters. The van der Waals surface area contributed by atoms with Crippen LogP contribution in [0.2, 0.25) is 0 Å². The number of benzene rings is 1. The number of phosphoric acid groups is 1. The number of ether oxygens (including phenoxy) is 3. The van der Waals surface area contributed by atoms with Crippen LogP contribution < -0.4 is 55.9 Å². The van der Waals surface area contributed by atoms with E-state index in [2.05, 4.69) is 10.3 Å². The van der Waals surface area contributed by atoms with Crippen LogP contribution in [-0.2, 0) is 27.9 Å². The van der Waals surface area contributed by atoms with Gasteiger partial charge in [-0.25, -0.2) is 4.79 Å². The second-order valence-electron chi connectivity index (χ2n) is 8.46. The quantitative estimate of drug-likeness (QED) is 0.126. The van der Waals surface area contributed by atoms with E-state index in [0.717, 1.165) is 10.8 Å². The predicted molar refractivity (Wildman–Crippen MR) is 130 cm³/mol. The number of aliphatic hydroxyl groups is 2. The van der Waals surface area contributed by atoms with E-state index in [1.165, 1.54) is 31.3 Å². The van der Waals surface area contributed by atoms with Crippen molar-refractivity contribution in [1.29, 1.82) is 0 Å². The molecule has 0 saturated carbocycles. The first-order chi connectivity index (χ1) is 18.5. The van der Waals surface area contributed by atoms with Crippen LogP contribution in [0, 0.1) is 0 Å². The molecule has 7 atom stereocenters. The number of nitrogens with two attached hydrogens (primary N) is 1. The molecule has 210 valence electrons. The largest absolute Gasteiger partial charge is 1.00 e. The van der Waals surface area contributed by atoms with Gasteiger partial charge in [-0.3, -0.25) is 13.9 Å². The fourth-order valence-electron chi connectivity index (χ4n) is 3.71. The molecule has 1 aromatic heterocycles. The van der Waals surface area contributed by atoms with E-state index in [-0.39, 0.29) is 47.0 Å². The molecular weight excluding hydrogens is 562 g/mol. The molecule has 17 heteroatoms. The number of amides is 1. The van der Waals surface area contributed by atoms with Gasteiger partial charge in [-0.2, -0.15) is 4.98 Å². The molecule has 15 nitrogen and oxygen atoms in total. The molecule has 1 aromatic carbocycles. The van der Waals surface area contributed by atoms with Crippen molar-refractivity contribution in [2.45, 2.75) is 43.8 Å². The van der Waals surface area contributed by atoms with Gasteiger partial charge in [0, 0.05) is 13.1 Å². The van der Waals surface area contributed by atoms with Crippen molar-refractivity contribution < 1.29 is 77.3 Å². The van der Waals surface area contributed by atoms with Crippen LogP contribution in [0.1, 0.15) is 13.2 Å². The normalized spacial score (nSPS) is 28.1. The smallest absolute Gasteiger partial charge is 0.746 e. The number of aromatic nitrogens is 2. The Morgan fingerprint density at radius 1 is 1.27 bits per heavy atom. The molecule has 1 amide bonds. The first kappa shape index (κ1) is 31.8. The van der Waals surface area contributed by atoms with E-state index >= 15 is 0 Å². The third-order valence-corrected chi connectivity index (χ3v) is 6.37. The van der Waals surface area contributed by atoms with Gasteiger partial charge in [0.25, 0.3) is 6.29 Å². The molecule has 5 N–H and O–H groups in total. The van der Waals surface area contributed by atoms with Crippen molar-refractivity contribution in [3.63, 3.8) is 0 Å². The van der Waals surface area contributed by atoms with Gasteiger partial charge >= 0.3 is 43.1 Å². The summed E-state index contributed by atoms with van der Waals surface area (Å²) in [7, 11) is -5.01. The van der Waals surface area contributed by atoms with Crippen molar-refractivity contribution in [1.82, 2.24) is 14.9 Å². The Morgan fingerprint density at radius 2 is 2.00 bits per heavy atom. The number of carbonyl (C=O) groups excluding carboxylic acids is 1. The molecule has 0 bridgehead atoms. The maximum Gasteiger partial charge on any atom is 1.00 e. The summed E-state index contributed by atoms with van der Waals surface area (Å²) in [5.74, 6) is -0.000633. The third-order valence-electron chi connectivity index (χ3n) is 5.54. The zero-order valence-corrected chi connectivity index (χ0v) is 24.3. The Bertz CT molecular complexity index is 1340. The monoisotopic (exact) mass is 588 g/mol. The van der Waals surface area contributed by atoms with Crippen LogP contribution in [0.3, 0.4) is 0 Å². The van der Waals surface area contributed by atoms with Crippen molar-refractivity contribution >= 4 is 19.5 Å². The van der Waals surface area contributed by atoms with E-state index < -0.39 is 57.0 Å². The van der Waals surface area contributed by atoms with Gasteiger partial charge in [-0.05, 0) is 24.3 Å². The number of nitrogen functional groups attached to an aromatic ring is 1. The Balaban J connectivity index is 0.00000441. The molecule has 1 saturated heterocycles. The van der Waals surface area contributed by atoms with E-state index in [1.807, 2.05) is 0 Å². The zero-order valence-electron chi connectivity index (χ0n) is 21.4. The number of phosphoric ester groups is 1. The van der Waals surface area contributed by atoms with E-state index in [1.54, 1.807) is 30.3 Å². The van der Waals surface area contributed by atoms with Crippen molar-refractivity contribution in [3.8, 4) is 5.75 Å². The maximum absolute atomic E-state index is 12.3. The summed E-state index contributed by atoms with van der Waals surface area (Å²) in [6.45, 7) is 0.584. The van der Waals surface area contributed by atoms with Crippen molar-refractivity contribution in [2.24, 2.45) is 0 Å². The van der Waals surface area contributed by atoms with Crippen LogP contribution in [0.4, 0.5) is 5.82 Å². The number of para-hydroxylation sites is 1. The number of hydrogen-bond donors (Lipinski definition) is 4. The van der Waals surface area contributed by atoms with Crippen molar-refractivity contribution in [2.75, 3.05) is 12.3 Å². The van der Waals surface area contributed by atoms with E-state index in [4.69, 9.17) is 29.0 Å². The molecule has 2 aliphatic heterocycles. The molecule has 0 radical (unpaired) electrons. The Morgan fingerprint density at radius 3 is 2.67 bits per heavy atom. The fraction of sp³-hybridized carbons (Fsp3) is 0.348. The number of allylic oxidation sites excluding steroid dienone is 1. The predicted octanol–water partition coefficient (Wildman–Crippen LogP) is -3.71. The Hall–Kier alpha value is -2.72. The standard InChI is InChI=1S/C23H27N4O11P.Na/c1-13(28)25-16-8-7-15(37-22(16)36-14-5-3-2-4-6-14)11-34-39(32,33)35-12-17-19(29)20(30)21(38-17)27-10-9-18(24)26-23(27)31;/h2-11,16-17,19-22,29-30H,12H2,1H3,(H,25,28)(H,32,33)(H2,24,26,31);/q;+1/p-1/b15-11-;/t16-,17-,19-,20-,21-,22-;/m1./s1. The molecule has 2 aromatic rings. The molecule has 0 spiro atoms. The molecule has 1 fully saturated rings. The Kier molecular flexibility index (Phi) is 10.9. The minimum absolute atomic E-state index is 0. The second kappa shape index (κ2) is 13.8. The number of aliphatic hydroxyl groups excluding tert-OH is 2. The number of nitrogens with zero attached hydrogens (tertiary/aromatic N) is 2. The summed E-state index contributed by atoms with van der Waals surface area (Å²) in [5, 5.41) is 23.2. The summed E-state index contributed by atoms with van der Waals surface area (Å²) in [6, 6.07) is 9.22. The van der Waals surface area contributed by atoms with Gasteiger partial charge < -0.3 is 49.4 Å². The topological polar surface area (TPSA) is 217 Å². The number of carbonyl (C=O) groups is 1. The summed E-state index contributed by atoms with van der Waals surface area (Å²) >= 11 is 0. The summed E-state index contributed by atoms with van der Waals surface area (Å²) in [5.41, 5.74) is 4.60. The average molecular weight is 588 g/mol. The van der Waals surface area contributed by atoms with Gasteiger partial charge in [0.1, 0.15) is 42.2 Å². The third kappa shape index (κ3) is 8.16. The SMILES string of the molecule is CC(=O)N[C@@H]1C=C/C(=C/OP(=O)([O-])OC[C@H]2O[C@@H](n3ccc(N)nc3=O)[C@H](O)[C@@H]2O)O[C@H]1Oc1ccccc1.[Na+]. The average Bonchev–Trinajstić information content (AvgIpc) is 3.16. The van der Waals surface area contributed by atoms with Crippen LogP contribution in [-0.4, -0.2) is 62.9 Å². The summed E-state index contributed by atoms with van der Waals surface area (Å²) in [6.07, 6.45) is -2.04. The van der Waals surface area contributed by atoms with Crippen LogP contribution >= 0.6 is 7.82 Å².